The van der Waals surface area contributed by atoms with Crippen LogP contribution < -0.4 is 9.73 Å². The fourth-order valence-corrected chi connectivity index (χ4v) is 4.68. The molecule has 174 valence electrons. The Morgan fingerprint density at radius 1 is 1.12 bits per heavy atom. The summed E-state index contributed by atoms with van der Waals surface area (Å²) in [5.41, 5.74) is 5.76. The summed E-state index contributed by atoms with van der Waals surface area (Å²) < 4.78 is 40.5. The maximum Gasteiger partial charge on any atom is 0.260 e. The molecule has 3 aromatic rings. The molecule has 0 radical (unpaired) electrons. The minimum absolute atomic E-state index is 0.164. The van der Waals surface area contributed by atoms with Crippen molar-refractivity contribution in [1.29, 1.82) is 0 Å². The molecule has 0 unspecified atom stereocenters. The Balaban J connectivity index is 1.75. The number of hydrazone groups is 1. The van der Waals surface area contributed by atoms with Gasteiger partial charge in [0.1, 0.15) is 12.4 Å². The minimum atomic E-state index is -3.79. The summed E-state index contributed by atoms with van der Waals surface area (Å²) in [4.78, 5) is 12.4. The van der Waals surface area contributed by atoms with Gasteiger partial charge in [-0.2, -0.15) is 5.10 Å². The van der Waals surface area contributed by atoms with Crippen molar-refractivity contribution in [1.82, 2.24) is 9.99 Å². The normalized spacial score (nSPS) is 11.7. The van der Waals surface area contributed by atoms with Crippen LogP contribution in [0, 0.1) is 19.7 Å². The molecule has 0 fully saturated rings. The summed E-state index contributed by atoms with van der Waals surface area (Å²) in [7, 11) is -3.79. The first-order valence-electron chi connectivity index (χ1n) is 9.66. The number of aromatic nitrogens is 1. The van der Waals surface area contributed by atoms with Gasteiger partial charge in [0.15, 0.2) is 0 Å². The Bertz CT molecular complexity index is 1300. The third-order valence-corrected chi connectivity index (χ3v) is 6.35. The molecule has 0 aliphatic heterocycles. The standard InChI is InChI=1S/C22H21Cl2FN4O3S/c1-14-8-16(15(2)29(14)20-6-4-19(25)5-7-20)12-26-27-22(30)13-28(33(3,31)32)21-10-17(23)9-18(24)11-21/h4-12H,13H2,1-3H3,(H,27,30)/b26-12-. The van der Waals surface area contributed by atoms with Gasteiger partial charge in [-0.1, -0.05) is 23.2 Å². The molecular formula is C22H21Cl2FN4O3S. The number of anilines is 1. The Labute approximate surface area is 201 Å². The number of hydrogen-bond donors (Lipinski definition) is 1. The Kier molecular flexibility index (Phi) is 7.46. The van der Waals surface area contributed by atoms with Gasteiger partial charge in [-0.15, -0.1) is 0 Å². The molecule has 1 aromatic heterocycles. The summed E-state index contributed by atoms with van der Waals surface area (Å²) in [5.74, 6) is -0.978. The van der Waals surface area contributed by atoms with Crippen LogP contribution in [0.25, 0.3) is 5.69 Å². The van der Waals surface area contributed by atoms with E-state index < -0.39 is 22.5 Å². The van der Waals surface area contributed by atoms with Gasteiger partial charge >= 0.3 is 0 Å². The van der Waals surface area contributed by atoms with E-state index >= 15 is 0 Å². The van der Waals surface area contributed by atoms with Gasteiger partial charge < -0.3 is 4.57 Å². The van der Waals surface area contributed by atoms with Crippen molar-refractivity contribution in [2.24, 2.45) is 5.10 Å². The highest BCUT2D eigenvalue weighted by molar-refractivity contribution is 7.92. The second-order valence-electron chi connectivity index (χ2n) is 7.33. The summed E-state index contributed by atoms with van der Waals surface area (Å²) in [6.45, 7) is 3.25. The van der Waals surface area contributed by atoms with Crippen LogP contribution in [0.5, 0.6) is 0 Å². The number of rotatable bonds is 7. The van der Waals surface area contributed by atoms with Crippen molar-refractivity contribution >= 4 is 51.0 Å². The van der Waals surface area contributed by atoms with Crippen LogP contribution in [0.3, 0.4) is 0 Å². The fourth-order valence-electron chi connectivity index (χ4n) is 3.33. The molecule has 1 heterocycles. The van der Waals surface area contributed by atoms with Crippen LogP contribution in [-0.2, 0) is 14.8 Å². The average Bonchev–Trinajstić information content (AvgIpc) is 2.98. The van der Waals surface area contributed by atoms with E-state index in [-0.39, 0.29) is 21.5 Å². The van der Waals surface area contributed by atoms with Gasteiger partial charge in [0.25, 0.3) is 5.91 Å². The molecule has 0 aliphatic carbocycles. The predicted octanol–water partition coefficient (Wildman–Crippen LogP) is 4.46. The Hall–Kier alpha value is -2.88. The molecule has 0 aliphatic rings. The Morgan fingerprint density at radius 3 is 2.30 bits per heavy atom. The molecule has 3 rings (SSSR count). The molecule has 0 spiro atoms. The number of sulfonamides is 1. The van der Waals surface area contributed by atoms with Gasteiger partial charge in [0.2, 0.25) is 10.0 Å². The molecule has 11 heteroatoms. The van der Waals surface area contributed by atoms with Crippen molar-refractivity contribution in [2.45, 2.75) is 13.8 Å². The van der Waals surface area contributed by atoms with E-state index in [0.717, 1.165) is 33.2 Å². The minimum Gasteiger partial charge on any atom is -0.318 e. The smallest absolute Gasteiger partial charge is 0.260 e. The van der Waals surface area contributed by atoms with E-state index in [2.05, 4.69) is 10.5 Å². The monoisotopic (exact) mass is 510 g/mol. The lowest BCUT2D eigenvalue weighted by Crippen LogP contribution is -2.39. The van der Waals surface area contributed by atoms with Crippen LogP contribution in [0.1, 0.15) is 17.0 Å². The van der Waals surface area contributed by atoms with E-state index in [4.69, 9.17) is 23.2 Å². The second kappa shape index (κ2) is 9.94. The first-order valence-corrected chi connectivity index (χ1v) is 12.3. The molecule has 2 aromatic carbocycles. The second-order valence-corrected chi connectivity index (χ2v) is 10.1. The highest BCUT2D eigenvalue weighted by Gasteiger charge is 2.21. The van der Waals surface area contributed by atoms with Crippen molar-refractivity contribution in [3.8, 4) is 5.69 Å². The van der Waals surface area contributed by atoms with Crippen LogP contribution in [-0.4, -0.2) is 37.9 Å². The molecule has 1 N–H and O–H groups in total. The van der Waals surface area contributed by atoms with E-state index in [1.54, 1.807) is 12.1 Å². The third-order valence-electron chi connectivity index (χ3n) is 4.77. The van der Waals surface area contributed by atoms with Crippen molar-refractivity contribution in [2.75, 3.05) is 17.1 Å². The molecule has 0 saturated carbocycles. The maximum atomic E-state index is 13.2. The van der Waals surface area contributed by atoms with Crippen molar-refractivity contribution < 1.29 is 17.6 Å². The van der Waals surface area contributed by atoms with Crippen molar-refractivity contribution in [3.63, 3.8) is 0 Å². The third kappa shape index (κ3) is 6.13. The Morgan fingerprint density at radius 2 is 1.73 bits per heavy atom. The number of nitrogens with zero attached hydrogens (tertiary/aromatic N) is 3. The lowest BCUT2D eigenvalue weighted by molar-refractivity contribution is -0.119. The molecule has 33 heavy (non-hydrogen) atoms. The number of hydrogen-bond acceptors (Lipinski definition) is 4. The highest BCUT2D eigenvalue weighted by Crippen LogP contribution is 2.27. The molecule has 0 saturated heterocycles. The van der Waals surface area contributed by atoms with Gasteiger partial charge in [-0.05, 0) is 62.4 Å². The maximum absolute atomic E-state index is 13.2. The first-order chi connectivity index (χ1) is 15.5. The average molecular weight is 511 g/mol. The topological polar surface area (TPSA) is 83.8 Å². The number of benzene rings is 2. The number of carbonyl (C=O) groups is 1. The lowest BCUT2D eigenvalue weighted by Gasteiger charge is -2.21. The van der Waals surface area contributed by atoms with Crippen LogP contribution in [0.15, 0.2) is 53.6 Å². The van der Waals surface area contributed by atoms with Gasteiger partial charge in [-0.25, -0.2) is 18.2 Å². The largest absolute Gasteiger partial charge is 0.318 e. The zero-order chi connectivity index (χ0) is 24.3. The van der Waals surface area contributed by atoms with Gasteiger partial charge in [0.05, 0.1) is 18.2 Å². The zero-order valence-corrected chi connectivity index (χ0v) is 20.3. The number of nitrogens with one attached hydrogen (secondary N) is 1. The van der Waals surface area contributed by atoms with Crippen molar-refractivity contribution in [3.05, 3.63) is 81.3 Å². The lowest BCUT2D eigenvalue weighted by atomic mass is 10.2. The van der Waals surface area contributed by atoms with E-state index in [9.17, 15) is 17.6 Å². The SMILES string of the molecule is Cc1cc(/C=N\NC(=O)CN(c2cc(Cl)cc(Cl)c2)S(C)(=O)=O)c(C)n1-c1ccc(F)cc1. The molecule has 0 bridgehead atoms. The summed E-state index contributed by atoms with van der Waals surface area (Å²) in [6.07, 6.45) is 2.43. The summed E-state index contributed by atoms with van der Waals surface area (Å²) in [5, 5.41) is 4.43. The van der Waals surface area contributed by atoms with Gasteiger partial charge in [0, 0.05) is 32.7 Å². The first kappa shape index (κ1) is 24.8. The molecule has 7 nitrogen and oxygen atoms in total. The van der Waals surface area contributed by atoms with E-state index in [0.29, 0.717) is 0 Å². The van der Waals surface area contributed by atoms with Gasteiger partial charge in [-0.3, -0.25) is 9.10 Å². The number of carbonyl (C=O) groups excluding carboxylic acids is 1. The molecule has 0 atom stereocenters. The number of aryl methyl sites for hydroxylation is 1. The zero-order valence-electron chi connectivity index (χ0n) is 18.0. The van der Waals surface area contributed by atoms with Crippen LogP contribution in [0.2, 0.25) is 10.0 Å². The quantitative estimate of drug-likeness (QED) is 0.376. The van der Waals surface area contributed by atoms with Crippen LogP contribution in [0.4, 0.5) is 10.1 Å². The molecular weight excluding hydrogens is 490 g/mol. The number of amides is 1. The predicted molar refractivity (Wildman–Crippen MR) is 130 cm³/mol. The fraction of sp³-hybridized carbons (Fsp3) is 0.182. The van der Waals surface area contributed by atoms with Crippen LogP contribution >= 0.6 is 23.2 Å². The number of halogens is 3. The highest BCUT2D eigenvalue weighted by atomic mass is 35.5. The van der Waals surface area contributed by atoms with E-state index in [1.807, 2.05) is 24.5 Å². The summed E-state index contributed by atoms with van der Waals surface area (Å²) in [6, 6.07) is 12.2. The summed E-state index contributed by atoms with van der Waals surface area (Å²) >= 11 is 11.9. The van der Waals surface area contributed by atoms with E-state index in [1.165, 1.54) is 36.5 Å². The molecule has 1 amide bonds.